The Bertz CT molecular complexity index is 652. The number of carbonyl (C=O) groups excluding carboxylic acids is 1. The molecule has 0 saturated carbocycles. The molecule has 5 nitrogen and oxygen atoms in total. The van der Waals surface area contributed by atoms with Gasteiger partial charge in [-0.05, 0) is 24.5 Å². The molecule has 0 aliphatic carbocycles. The van der Waals surface area contributed by atoms with E-state index in [1.54, 1.807) is 13.3 Å². The first kappa shape index (κ1) is 15.7. The molecule has 2 heterocycles. The molecule has 2 aromatic rings. The Morgan fingerprint density at radius 3 is 2.81 bits per heavy atom. The first-order valence-electron chi connectivity index (χ1n) is 6.89. The van der Waals surface area contributed by atoms with Crippen molar-refractivity contribution in [1.29, 1.82) is 0 Å². The normalized spacial score (nSPS) is 12.8. The van der Waals surface area contributed by atoms with Crippen LogP contribution in [0.4, 0.5) is 5.69 Å². The van der Waals surface area contributed by atoms with Crippen molar-refractivity contribution in [2.24, 2.45) is 5.92 Å². The quantitative estimate of drug-likeness (QED) is 0.890. The highest BCUT2D eigenvalue weighted by Gasteiger charge is 2.22. The third kappa shape index (κ3) is 3.16. The molecule has 3 N–H and O–H groups in total. The third-order valence-electron chi connectivity index (χ3n) is 3.51. The van der Waals surface area contributed by atoms with E-state index < -0.39 is 0 Å². The molecule has 0 fully saturated rings. The van der Waals surface area contributed by atoms with Crippen LogP contribution in [0.1, 0.15) is 29.1 Å². The highest BCUT2D eigenvalue weighted by atomic mass is 32.1. The number of methoxy groups -OCH3 is 1. The summed E-state index contributed by atoms with van der Waals surface area (Å²) in [6.07, 6.45) is 1.73. The molecule has 0 radical (unpaired) electrons. The fourth-order valence-electron chi connectivity index (χ4n) is 2.19. The molecule has 114 valence electrons. The van der Waals surface area contributed by atoms with Crippen molar-refractivity contribution < 1.29 is 9.53 Å². The number of carbonyl (C=O) groups is 1. The van der Waals surface area contributed by atoms with Crippen LogP contribution in [0.5, 0.6) is 0 Å². The van der Waals surface area contributed by atoms with Crippen molar-refractivity contribution in [2.45, 2.75) is 26.8 Å². The van der Waals surface area contributed by atoms with Crippen LogP contribution >= 0.6 is 11.3 Å². The van der Waals surface area contributed by atoms with Gasteiger partial charge in [0.05, 0.1) is 18.3 Å². The van der Waals surface area contributed by atoms with Crippen molar-refractivity contribution in [3.05, 3.63) is 22.7 Å². The van der Waals surface area contributed by atoms with E-state index in [1.807, 2.05) is 26.8 Å². The van der Waals surface area contributed by atoms with Crippen LogP contribution in [0.3, 0.4) is 0 Å². The number of nitrogens with two attached hydrogens (primary N) is 1. The van der Waals surface area contributed by atoms with Crippen LogP contribution in [-0.2, 0) is 4.74 Å². The Morgan fingerprint density at radius 1 is 1.52 bits per heavy atom. The van der Waals surface area contributed by atoms with Gasteiger partial charge in [0.1, 0.15) is 9.71 Å². The van der Waals surface area contributed by atoms with Gasteiger partial charge in [-0.3, -0.25) is 4.79 Å². The predicted molar refractivity (Wildman–Crippen MR) is 86.7 cm³/mol. The molecule has 1 unspecified atom stereocenters. The molecule has 2 aromatic heterocycles. The average molecular weight is 307 g/mol. The van der Waals surface area contributed by atoms with Gasteiger partial charge in [-0.25, -0.2) is 4.98 Å². The second-order valence-corrected chi connectivity index (χ2v) is 6.43. The van der Waals surface area contributed by atoms with Gasteiger partial charge >= 0.3 is 0 Å². The number of fused-ring (bicyclic) bond motifs is 1. The number of ether oxygens (including phenoxy) is 1. The van der Waals surface area contributed by atoms with Crippen LogP contribution in [-0.4, -0.2) is 30.6 Å². The number of nitrogens with one attached hydrogen (secondary N) is 1. The molecular weight excluding hydrogens is 286 g/mol. The van der Waals surface area contributed by atoms with Crippen molar-refractivity contribution in [3.8, 4) is 0 Å². The van der Waals surface area contributed by atoms with Crippen LogP contribution in [0.15, 0.2) is 12.3 Å². The zero-order valence-electron chi connectivity index (χ0n) is 12.8. The predicted octanol–water partition coefficient (Wildman–Crippen LogP) is 2.59. The van der Waals surface area contributed by atoms with Crippen molar-refractivity contribution in [3.63, 3.8) is 0 Å². The van der Waals surface area contributed by atoms with Crippen molar-refractivity contribution >= 4 is 33.1 Å². The Balaban J connectivity index is 2.31. The summed E-state index contributed by atoms with van der Waals surface area (Å²) in [5.41, 5.74) is 7.69. The molecule has 0 spiro atoms. The number of hydrogen-bond acceptors (Lipinski definition) is 5. The number of aryl methyl sites for hydroxylation is 1. The van der Waals surface area contributed by atoms with E-state index in [1.165, 1.54) is 11.3 Å². The highest BCUT2D eigenvalue weighted by molar-refractivity contribution is 7.21. The molecule has 1 atom stereocenters. The second-order valence-electron chi connectivity index (χ2n) is 5.43. The topological polar surface area (TPSA) is 77.2 Å². The lowest BCUT2D eigenvalue weighted by atomic mass is 10.1. The molecule has 6 heteroatoms. The Labute approximate surface area is 128 Å². The molecule has 0 aliphatic heterocycles. The molecule has 0 aliphatic rings. The van der Waals surface area contributed by atoms with E-state index >= 15 is 0 Å². The molecule has 21 heavy (non-hydrogen) atoms. The Morgan fingerprint density at radius 2 is 2.24 bits per heavy atom. The number of hydrogen-bond donors (Lipinski definition) is 2. The van der Waals surface area contributed by atoms with Gasteiger partial charge < -0.3 is 15.8 Å². The standard InChI is InChI=1S/C15H21N3O2S/c1-8(2)10(7-20-4)18-14(19)13-12(16)11-9(3)5-6-17-15(11)21-13/h5-6,8,10H,7,16H2,1-4H3,(H,18,19). The van der Waals surface area contributed by atoms with E-state index in [2.05, 4.69) is 10.3 Å². The van der Waals surface area contributed by atoms with Gasteiger partial charge in [-0.15, -0.1) is 11.3 Å². The maximum absolute atomic E-state index is 12.5. The zero-order valence-corrected chi connectivity index (χ0v) is 13.6. The third-order valence-corrected chi connectivity index (χ3v) is 4.62. The van der Waals surface area contributed by atoms with Crippen molar-refractivity contribution in [1.82, 2.24) is 10.3 Å². The fourth-order valence-corrected chi connectivity index (χ4v) is 3.23. The van der Waals surface area contributed by atoms with E-state index in [0.29, 0.717) is 17.2 Å². The molecule has 0 aromatic carbocycles. The van der Waals surface area contributed by atoms with Gasteiger partial charge in [0.15, 0.2) is 0 Å². The van der Waals surface area contributed by atoms with Gasteiger partial charge in [0, 0.05) is 18.7 Å². The lowest BCUT2D eigenvalue weighted by molar-refractivity contribution is 0.0871. The van der Waals surface area contributed by atoms with Gasteiger partial charge in [0.2, 0.25) is 0 Å². The monoisotopic (exact) mass is 307 g/mol. The smallest absolute Gasteiger partial charge is 0.263 e. The molecular formula is C15H21N3O2S. The number of thiophene rings is 1. The molecule has 0 saturated heterocycles. The summed E-state index contributed by atoms with van der Waals surface area (Å²) in [7, 11) is 1.63. The first-order chi connectivity index (χ1) is 9.95. The summed E-state index contributed by atoms with van der Waals surface area (Å²) in [6, 6.07) is 1.86. The molecule has 1 amide bonds. The van der Waals surface area contributed by atoms with Gasteiger partial charge in [0.25, 0.3) is 5.91 Å². The second kappa shape index (κ2) is 6.41. The number of aromatic nitrogens is 1. The van der Waals surface area contributed by atoms with E-state index in [0.717, 1.165) is 15.8 Å². The maximum Gasteiger partial charge on any atom is 0.263 e. The summed E-state index contributed by atoms with van der Waals surface area (Å²) < 4.78 is 5.16. The number of pyridine rings is 1. The minimum atomic E-state index is -0.161. The van der Waals surface area contributed by atoms with E-state index in [9.17, 15) is 4.79 Å². The largest absolute Gasteiger partial charge is 0.397 e. The summed E-state index contributed by atoms with van der Waals surface area (Å²) in [5, 5.41) is 3.87. The summed E-state index contributed by atoms with van der Waals surface area (Å²) in [4.78, 5) is 18.1. The lowest BCUT2D eigenvalue weighted by Crippen LogP contribution is -2.41. The van der Waals surface area contributed by atoms with Gasteiger partial charge in [-0.2, -0.15) is 0 Å². The molecule has 0 bridgehead atoms. The van der Waals surface area contributed by atoms with Crippen LogP contribution in [0, 0.1) is 12.8 Å². The van der Waals surface area contributed by atoms with Gasteiger partial charge in [-0.1, -0.05) is 13.8 Å². The maximum atomic E-state index is 12.5. The number of rotatable bonds is 5. The highest BCUT2D eigenvalue weighted by Crippen LogP contribution is 2.34. The number of nitrogens with zero attached hydrogens (tertiary/aromatic N) is 1. The minimum absolute atomic E-state index is 0.0406. The fraction of sp³-hybridized carbons (Fsp3) is 0.467. The lowest BCUT2D eigenvalue weighted by Gasteiger charge is -2.21. The zero-order chi connectivity index (χ0) is 15.6. The Kier molecular flexibility index (Phi) is 4.80. The average Bonchev–Trinajstić information content (AvgIpc) is 2.77. The van der Waals surface area contributed by atoms with Crippen LogP contribution in [0.25, 0.3) is 10.2 Å². The SMILES string of the molecule is COCC(NC(=O)c1sc2nccc(C)c2c1N)C(C)C. The van der Waals surface area contributed by atoms with E-state index in [-0.39, 0.29) is 17.9 Å². The minimum Gasteiger partial charge on any atom is -0.397 e. The number of amides is 1. The first-order valence-corrected chi connectivity index (χ1v) is 7.70. The van der Waals surface area contributed by atoms with Crippen molar-refractivity contribution in [2.75, 3.05) is 19.5 Å². The molecule has 2 rings (SSSR count). The summed E-state index contributed by atoms with van der Waals surface area (Å²) in [5.74, 6) is 0.120. The number of nitrogen functional groups attached to an aromatic ring is 1. The number of anilines is 1. The summed E-state index contributed by atoms with van der Waals surface area (Å²) in [6.45, 7) is 6.54. The van der Waals surface area contributed by atoms with Crippen LogP contribution in [0.2, 0.25) is 0 Å². The Hall–Kier alpha value is -1.66. The van der Waals surface area contributed by atoms with Crippen LogP contribution < -0.4 is 11.1 Å². The van der Waals surface area contributed by atoms with E-state index in [4.69, 9.17) is 10.5 Å². The summed E-state index contributed by atoms with van der Waals surface area (Å²) >= 11 is 1.33.